The number of carbonyl (C=O) groups is 1. The van der Waals surface area contributed by atoms with E-state index in [2.05, 4.69) is 5.10 Å². The number of fused-ring (bicyclic) bond motifs is 1. The van der Waals surface area contributed by atoms with Crippen LogP contribution >= 0.6 is 0 Å². The fourth-order valence-corrected chi connectivity index (χ4v) is 1.79. The Morgan fingerprint density at radius 2 is 2.54 bits per heavy atom. The Labute approximate surface area is 75.5 Å². The second-order valence-corrected chi connectivity index (χ2v) is 3.31. The highest BCUT2D eigenvalue weighted by atomic mass is 19.1. The van der Waals surface area contributed by atoms with Gasteiger partial charge in [0.1, 0.15) is 5.69 Å². The van der Waals surface area contributed by atoms with E-state index < -0.39 is 5.82 Å². The minimum absolute atomic E-state index is 0.125. The molecule has 2 heterocycles. The summed E-state index contributed by atoms with van der Waals surface area (Å²) in [7, 11) is 0. The van der Waals surface area contributed by atoms with Gasteiger partial charge < -0.3 is 0 Å². The predicted molar refractivity (Wildman–Crippen MR) is 45.1 cm³/mol. The lowest BCUT2D eigenvalue weighted by Crippen LogP contribution is -2.23. The Morgan fingerprint density at radius 1 is 1.77 bits per heavy atom. The van der Waals surface area contributed by atoms with Gasteiger partial charge in [0.05, 0.1) is 12.2 Å². The van der Waals surface area contributed by atoms with Crippen molar-refractivity contribution in [1.29, 1.82) is 0 Å². The molecule has 0 fully saturated rings. The topological polar surface area (TPSA) is 34.9 Å². The molecular weight excluding hydrogens is 171 g/mol. The first-order valence-electron chi connectivity index (χ1n) is 4.50. The summed E-state index contributed by atoms with van der Waals surface area (Å²) >= 11 is 0. The summed E-state index contributed by atoms with van der Waals surface area (Å²) in [6.07, 6.45) is 3.24. The van der Waals surface area contributed by atoms with Crippen molar-refractivity contribution in [1.82, 2.24) is 9.78 Å². The zero-order valence-corrected chi connectivity index (χ0v) is 7.46. The Balaban J connectivity index is 2.50. The van der Waals surface area contributed by atoms with Gasteiger partial charge in [-0.15, -0.1) is 0 Å². The van der Waals surface area contributed by atoms with E-state index in [1.807, 2.05) is 6.92 Å². The van der Waals surface area contributed by atoms with E-state index >= 15 is 0 Å². The first kappa shape index (κ1) is 8.41. The summed E-state index contributed by atoms with van der Waals surface area (Å²) in [5.41, 5.74) is 0.165. The van der Waals surface area contributed by atoms with Crippen molar-refractivity contribution in [2.24, 2.45) is 0 Å². The zero-order chi connectivity index (χ0) is 9.42. The van der Waals surface area contributed by atoms with Crippen molar-refractivity contribution in [2.75, 3.05) is 0 Å². The monoisotopic (exact) mass is 182 g/mol. The molecule has 0 N–H and O–H groups in total. The molecule has 0 radical (unpaired) electrons. The Kier molecular flexibility index (Phi) is 1.90. The van der Waals surface area contributed by atoms with E-state index in [9.17, 15) is 9.18 Å². The number of carbonyl (C=O) groups excluding carboxylic acids is 1. The van der Waals surface area contributed by atoms with Crippen LogP contribution in [-0.4, -0.2) is 15.6 Å². The maximum absolute atomic E-state index is 13.1. The fraction of sp³-hybridized carbons (Fsp3) is 0.556. The van der Waals surface area contributed by atoms with Crippen LogP contribution in [0.1, 0.15) is 42.7 Å². The van der Waals surface area contributed by atoms with Gasteiger partial charge in [-0.3, -0.25) is 9.48 Å². The van der Waals surface area contributed by atoms with Crippen molar-refractivity contribution in [2.45, 2.75) is 32.2 Å². The number of ketones is 1. The van der Waals surface area contributed by atoms with Crippen molar-refractivity contribution in [3.05, 3.63) is 17.7 Å². The van der Waals surface area contributed by atoms with Gasteiger partial charge in [0.15, 0.2) is 11.6 Å². The van der Waals surface area contributed by atoms with Crippen LogP contribution in [0.5, 0.6) is 0 Å². The number of rotatable bonds is 1. The van der Waals surface area contributed by atoms with E-state index in [0.717, 1.165) is 19.0 Å². The normalized spacial score (nSPS) is 21.7. The summed E-state index contributed by atoms with van der Waals surface area (Å²) in [4.78, 5) is 11.3. The molecule has 13 heavy (non-hydrogen) atoms. The first-order chi connectivity index (χ1) is 6.24. The van der Waals surface area contributed by atoms with Crippen molar-refractivity contribution < 1.29 is 9.18 Å². The van der Waals surface area contributed by atoms with Crippen molar-refractivity contribution >= 4 is 5.78 Å². The number of Topliss-reactive ketones (excluding diaryl/α,β-unsaturated/α-hetero) is 1. The van der Waals surface area contributed by atoms with Gasteiger partial charge >= 0.3 is 0 Å². The summed E-state index contributed by atoms with van der Waals surface area (Å²) in [6, 6.07) is 0.192. The van der Waals surface area contributed by atoms with Crippen LogP contribution in [0.15, 0.2) is 6.20 Å². The van der Waals surface area contributed by atoms with Crippen LogP contribution in [0.2, 0.25) is 0 Å². The van der Waals surface area contributed by atoms with E-state index in [-0.39, 0.29) is 17.5 Å². The van der Waals surface area contributed by atoms with Crippen LogP contribution < -0.4 is 0 Å². The second kappa shape index (κ2) is 2.94. The molecule has 1 aliphatic heterocycles. The van der Waals surface area contributed by atoms with E-state index in [0.29, 0.717) is 6.42 Å². The van der Waals surface area contributed by atoms with Gasteiger partial charge in [0.2, 0.25) is 0 Å². The van der Waals surface area contributed by atoms with Crippen LogP contribution in [0.25, 0.3) is 0 Å². The van der Waals surface area contributed by atoms with Gasteiger partial charge in [-0.25, -0.2) is 4.39 Å². The van der Waals surface area contributed by atoms with Crippen molar-refractivity contribution in [3.63, 3.8) is 0 Å². The van der Waals surface area contributed by atoms with Crippen LogP contribution in [0.3, 0.4) is 0 Å². The lowest BCUT2D eigenvalue weighted by atomic mass is 10.0. The number of hydrogen-bond acceptors (Lipinski definition) is 2. The molecule has 70 valence electrons. The molecule has 1 atom stereocenters. The zero-order valence-electron chi connectivity index (χ0n) is 7.46. The Hall–Kier alpha value is -1.19. The largest absolute Gasteiger partial charge is 0.292 e. The van der Waals surface area contributed by atoms with Crippen LogP contribution in [0.4, 0.5) is 4.39 Å². The predicted octanol–water partition coefficient (Wildman–Crippen LogP) is 1.95. The average molecular weight is 182 g/mol. The van der Waals surface area contributed by atoms with E-state index in [1.54, 1.807) is 0 Å². The fourth-order valence-electron chi connectivity index (χ4n) is 1.79. The van der Waals surface area contributed by atoms with E-state index in [1.165, 1.54) is 4.68 Å². The molecule has 0 aliphatic carbocycles. The smallest absolute Gasteiger partial charge is 0.183 e. The van der Waals surface area contributed by atoms with Gasteiger partial charge in [0, 0.05) is 6.42 Å². The highest BCUT2D eigenvalue weighted by Crippen LogP contribution is 2.27. The number of nitrogens with zero attached hydrogens (tertiary/aromatic N) is 2. The summed E-state index contributed by atoms with van der Waals surface area (Å²) in [5.74, 6) is -0.608. The third-order valence-corrected chi connectivity index (χ3v) is 2.54. The lowest BCUT2D eigenvalue weighted by Gasteiger charge is -2.21. The summed E-state index contributed by atoms with van der Waals surface area (Å²) in [5, 5.41) is 3.88. The minimum atomic E-state index is -0.483. The molecule has 0 saturated carbocycles. The maximum Gasteiger partial charge on any atom is 0.183 e. The van der Waals surface area contributed by atoms with Gasteiger partial charge in [0.25, 0.3) is 0 Å². The molecule has 1 aliphatic rings. The van der Waals surface area contributed by atoms with Gasteiger partial charge in [-0.2, -0.15) is 5.10 Å². The number of halogens is 1. The summed E-state index contributed by atoms with van der Waals surface area (Å²) in [6.45, 7) is 2.02. The molecule has 3 nitrogen and oxygen atoms in total. The molecule has 2 rings (SSSR count). The standard InChI is InChI=1S/C9H11FN2O/c1-2-6-3-4-8(13)9-7(10)5-11-12(6)9/h5-6H,2-4H2,1H3. The Bertz CT molecular complexity index is 345. The van der Waals surface area contributed by atoms with Gasteiger partial charge in [-0.05, 0) is 12.8 Å². The molecule has 1 aromatic heterocycles. The van der Waals surface area contributed by atoms with Gasteiger partial charge in [-0.1, -0.05) is 6.92 Å². The third-order valence-electron chi connectivity index (χ3n) is 2.54. The third kappa shape index (κ3) is 1.17. The quantitative estimate of drug-likeness (QED) is 0.665. The van der Waals surface area contributed by atoms with Crippen LogP contribution in [0, 0.1) is 5.82 Å². The highest BCUT2D eigenvalue weighted by Gasteiger charge is 2.28. The molecule has 0 aromatic carbocycles. The minimum Gasteiger partial charge on any atom is -0.292 e. The van der Waals surface area contributed by atoms with E-state index in [4.69, 9.17) is 0 Å². The first-order valence-corrected chi connectivity index (χ1v) is 4.50. The number of aromatic nitrogens is 2. The molecular formula is C9H11FN2O. The molecule has 0 bridgehead atoms. The molecule has 4 heteroatoms. The lowest BCUT2D eigenvalue weighted by molar-refractivity contribution is 0.0930. The molecule has 0 spiro atoms. The highest BCUT2D eigenvalue weighted by molar-refractivity contribution is 5.95. The second-order valence-electron chi connectivity index (χ2n) is 3.31. The summed E-state index contributed by atoms with van der Waals surface area (Å²) < 4.78 is 14.6. The molecule has 0 saturated heterocycles. The average Bonchev–Trinajstić information content (AvgIpc) is 2.50. The maximum atomic E-state index is 13.1. The Morgan fingerprint density at radius 3 is 3.23 bits per heavy atom. The van der Waals surface area contributed by atoms with Crippen LogP contribution in [-0.2, 0) is 0 Å². The molecule has 1 aromatic rings. The SMILES string of the molecule is CCC1CCC(=O)c2c(F)cnn21. The van der Waals surface area contributed by atoms with Crippen molar-refractivity contribution in [3.8, 4) is 0 Å². The molecule has 1 unspecified atom stereocenters. The molecule has 0 amide bonds. The number of hydrogen-bond donors (Lipinski definition) is 0.